The SMILES string of the molecule is CC(C)(C)OC(=O)CC(NC(=O)C1(C)CC(c2ccccc2)=NO1)C(=O)Cc1ccc(Cl)c(C(=O)O)c1Cl. The van der Waals surface area contributed by atoms with Gasteiger partial charge in [-0.05, 0) is 44.9 Å². The van der Waals surface area contributed by atoms with Gasteiger partial charge in [-0.15, -0.1) is 0 Å². The van der Waals surface area contributed by atoms with Gasteiger partial charge in [0.1, 0.15) is 5.60 Å². The molecule has 0 saturated carbocycles. The van der Waals surface area contributed by atoms with Crippen molar-refractivity contribution < 1.29 is 33.9 Å². The zero-order valence-electron chi connectivity index (χ0n) is 21.3. The lowest BCUT2D eigenvalue weighted by molar-refractivity contribution is -0.157. The molecule has 1 heterocycles. The Kier molecular flexibility index (Phi) is 8.84. The number of halogens is 2. The molecular formula is C27H28Cl2N2O7. The molecule has 2 unspecified atom stereocenters. The zero-order valence-corrected chi connectivity index (χ0v) is 22.9. The molecule has 2 N–H and O–H groups in total. The van der Waals surface area contributed by atoms with E-state index < -0.39 is 47.3 Å². The number of carboxylic acid groups (broad SMARTS) is 1. The fraction of sp³-hybridized carbons (Fsp3) is 0.370. The summed E-state index contributed by atoms with van der Waals surface area (Å²) in [5, 5.41) is 15.8. The minimum absolute atomic E-state index is 0.0853. The Morgan fingerprint density at radius 2 is 1.79 bits per heavy atom. The van der Waals surface area contributed by atoms with E-state index in [1.54, 1.807) is 20.8 Å². The second-order valence-electron chi connectivity index (χ2n) is 10.1. The first-order valence-corrected chi connectivity index (χ1v) is 12.5. The molecule has 0 saturated heterocycles. The molecule has 1 aliphatic heterocycles. The Morgan fingerprint density at radius 3 is 2.39 bits per heavy atom. The quantitative estimate of drug-likeness (QED) is 0.426. The number of esters is 1. The van der Waals surface area contributed by atoms with Crippen LogP contribution in [0.1, 0.15) is 62.0 Å². The standard InChI is InChI=1S/C27H28Cl2N2O7/c1-26(2,3)37-21(33)13-18(20(32)12-16-10-11-17(28)22(23(16)29)24(34)35)30-25(36)27(4)14-19(31-38-27)15-8-6-5-7-9-15/h5-11,18H,12-14H2,1-4H3,(H,30,36)(H,34,35). The first-order valence-electron chi connectivity index (χ1n) is 11.8. The van der Waals surface area contributed by atoms with E-state index in [2.05, 4.69) is 10.5 Å². The molecule has 0 fully saturated rings. The number of carboxylic acids is 1. The van der Waals surface area contributed by atoms with Crippen LogP contribution in [0.4, 0.5) is 0 Å². The Balaban J connectivity index is 1.82. The van der Waals surface area contributed by atoms with Crippen molar-refractivity contribution in [2.45, 2.75) is 64.2 Å². The molecule has 38 heavy (non-hydrogen) atoms. The first-order chi connectivity index (χ1) is 17.7. The highest BCUT2D eigenvalue weighted by atomic mass is 35.5. The monoisotopic (exact) mass is 562 g/mol. The van der Waals surface area contributed by atoms with Crippen LogP contribution in [0.5, 0.6) is 0 Å². The minimum atomic E-state index is -1.42. The van der Waals surface area contributed by atoms with Crippen LogP contribution in [0.2, 0.25) is 10.0 Å². The predicted molar refractivity (Wildman–Crippen MR) is 142 cm³/mol. The molecule has 1 amide bonds. The number of amides is 1. The van der Waals surface area contributed by atoms with Crippen molar-refractivity contribution in [1.82, 2.24) is 5.32 Å². The molecule has 0 radical (unpaired) electrons. The summed E-state index contributed by atoms with van der Waals surface area (Å²) in [6.45, 7) is 6.57. The molecule has 0 aromatic heterocycles. The van der Waals surface area contributed by atoms with Crippen LogP contribution in [0.25, 0.3) is 0 Å². The highest BCUT2D eigenvalue weighted by molar-refractivity contribution is 6.39. The Bertz CT molecular complexity index is 1290. The second-order valence-corrected chi connectivity index (χ2v) is 10.8. The molecule has 2 aromatic rings. The van der Waals surface area contributed by atoms with Crippen molar-refractivity contribution in [1.29, 1.82) is 0 Å². The van der Waals surface area contributed by atoms with Gasteiger partial charge in [0.2, 0.25) is 5.60 Å². The number of rotatable bonds is 9. The number of carbonyl (C=O) groups excluding carboxylic acids is 3. The summed E-state index contributed by atoms with van der Waals surface area (Å²) in [5.74, 6) is -3.30. The Morgan fingerprint density at radius 1 is 1.13 bits per heavy atom. The van der Waals surface area contributed by atoms with Crippen LogP contribution >= 0.6 is 23.2 Å². The molecule has 0 bridgehead atoms. The van der Waals surface area contributed by atoms with Crippen LogP contribution < -0.4 is 5.32 Å². The van der Waals surface area contributed by atoms with E-state index >= 15 is 0 Å². The largest absolute Gasteiger partial charge is 0.478 e. The molecule has 0 spiro atoms. The van der Waals surface area contributed by atoms with E-state index in [4.69, 9.17) is 32.8 Å². The van der Waals surface area contributed by atoms with Crippen LogP contribution in [-0.4, -0.2) is 51.7 Å². The lowest BCUT2D eigenvalue weighted by atomic mass is 9.93. The molecule has 2 atom stereocenters. The van der Waals surface area contributed by atoms with Gasteiger partial charge in [-0.3, -0.25) is 14.4 Å². The van der Waals surface area contributed by atoms with Crippen LogP contribution in [0.15, 0.2) is 47.6 Å². The fourth-order valence-corrected chi connectivity index (χ4v) is 4.39. The molecular weight excluding hydrogens is 535 g/mol. The number of hydrogen-bond acceptors (Lipinski definition) is 7. The second kappa shape index (κ2) is 11.5. The summed E-state index contributed by atoms with van der Waals surface area (Å²) >= 11 is 12.2. The molecule has 2 aromatic carbocycles. The molecule has 1 aliphatic rings. The average Bonchev–Trinajstić information content (AvgIpc) is 3.23. The van der Waals surface area contributed by atoms with E-state index in [1.165, 1.54) is 19.1 Å². The van der Waals surface area contributed by atoms with E-state index in [0.29, 0.717) is 5.71 Å². The number of oxime groups is 1. The number of carbonyl (C=O) groups is 4. The summed E-state index contributed by atoms with van der Waals surface area (Å²) < 4.78 is 5.35. The van der Waals surface area contributed by atoms with Crippen LogP contribution in [-0.2, 0) is 30.4 Å². The number of benzene rings is 2. The normalized spacial score (nSPS) is 17.7. The van der Waals surface area contributed by atoms with Gasteiger partial charge in [0.15, 0.2) is 5.78 Å². The number of Topliss-reactive ketones (excluding diaryl/α,β-unsaturated/α-hetero) is 1. The van der Waals surface area contributed by atoms with Crippen molar-refractivity contribution in [3.63, 3.8) is 0 Å². The van der Waals surface area contributed by atoms with Crippen molar-refractivity contribution in [3.8, 4) is 0 Å². The summed E-state index contributed by atoms with van der Waals surface area (Å²) in [6, 6.07) is 10.6. The van der Waals surface area contributed by atoms with E-state index in [-0.39, 0.29) is 34.0 Å². The molecule has 0 aliphatic carbocycles. The lowest BCUT2D eigenvalue weighted by Crippen LogP contribution is -2.52. The van der Waals surface area contributed by atoms with Gasteiger partial charge in [0.05, 0.1) is 33.8 Å². The Labute approximate surface area is 230 Å². The van der Waals surface area contributed by atoms with Crippen molar-refractivity contribution >= 4 is 52.5 Å². The maximum absolute atomic E-state index is 13.3. The van der Waals surface area contributed by atoms with Gasteiger partial charge in [-0.25, -0.2) is 4.79 Å². The number of nitrogens with one attached hydrogen (secondary N) is 1. The van der Waals surface area contributed by atoms with Gasteiger partial charge in [-0.1, -0.05) is 64.8 Å². The van der Waals surface area contributed by atoms with Crippen LogP contribution in [0, 0.1) is 0 Å². The van der Waals surface area contributed by atoms with Crippen molar-refractivity contribution in [3.05, 3.63) is 69.2 Å². The van der Waals surface area contributed by atoms with Gasteiger partial charge in [0, 0.05) is 12.8 Å². The molecule has 9 nitrogen and oxygen atoms in total. The molecule has 202 valence electrons. The van der Waals surface area contributed by atoms with Crippen molar-refractivity contribution in [2.24, 2.45) is 5.16 Å². The summed E-state index contributed by atoms with van der Waals surface area (Å²) in [6.07, 6.45) is -0.685. The predicted octanol–water partition coefficient (Wildman–Crippen LogP) is 4.60. The third kappa shape index (κ3) is 7.11. The van der Waals surface area contributed by atoms with E-state index in [9.17, 15) is 24.3 Å². The van der Waals surface area contributed by atoms with Gasteiger partial charge >= 0.3 is 11.9 Å². The van der Waals surface area contributed by atoms with E-state index in [0.717, 1.165) is 5.56 Å². The third-order valence-corrected chi connectivity index (χ3v) is 6.43. The minimum Gasteiger partial charge on any atom is -0.478 e. The summed E-state index contributed by atoms with van der Waals surface area (Å²) in [5.41, 5.74) is -1.05. The van der Waals surface area contributed by atoms with Gasteiger partial charge in [0.25, 0.3) is 5.91 Å². The highest BCUT2D eigenvalue weighted by Gasteiger charge is 2.44. The maximum Gasteiger partial charge on any atom is 0.338 e. The maximum atomic E-state index is 13.3. The fourth-order valence-electron chi connectivity index (χ4n) is 3.79. The summed E-state index contributed by atoms with van der Waals surface area (Å²) in [7, 11) is 0. The van der Waals surface area contributed by atoms with Crippen LogP contribution in [0.3, 0.4) is 0 Å². The molecule has 11 heteroatoms. The topological polar surface area (TPSA) is 131 Å². The number of ether oxygens (including phenoxy) is 1. The first kappa shape index (κ1) is 29.1. The van der Waals surface area contributed by atoms with Gasteiger partial charge in [-0.2, -0.15) is 0 Å². The Hall–Kier alpha value is -3.43. The average molecular weight is 563 g/mol. The number of aromatic carboxylic acids is 1. The van der Waals surface area contributed by atoms with Crippen molar-refractivity contribution in [2.75, 3.05) is 0 Å². The lowest BCUT2D eigenvalue weighted by Gasteiger charge is -2.26. The number of hydrogen-bond donors (Lipinski definition) is 2. The van der Waals surface area contributed by atoms with E-state index in [1.807, 2.05) is 30.3 Å². The summed E-state index contributed by atoms with van der Waals surface area (Å²) in [4.78, 5) is 56.3. The highest BCUT2D eigenvalue weighted by Crippen LogP contribution is 2.30. The molecule has 3 rings (SSSR count). The third-order valence-electron chi connectivity index (χ3n) is 5.68. The van der Waals surface area contributed by atoms with Gasteiger partial charge < -0.3 is 20.0 Å². The smallest absolute Gasteiger partial charge is 0.338 e. The number of nitrogens with zero attached hydrogens (tertiary/aromatic N) is 1. The number of ketones is 1. The zero-order chi connectivity index (χ0) is 28.3.